The Kier molecular flexibility index (Phi) is 3.54. The predicted molar refractivity (Wildman–Crippen MR) is 57.6 cm³/mol. The molecule has 98 valence electrons. The van der Waals surface area contributed by atoms with E-state index in [1.807, 2.05) is 0 Å². The highest BCUT2D eigenvalue weighted by molar-refractivity contribution is 7.88. The van der Waals surface area contributed by atoms with Gasteiger partial charge >= 0.3 is 0 Å². The van der Waals surface area contributed by atoms with Gasteiger partial charge in [-0.15, -0.1) is 0 Å². The summed E-state index contributed by atoms with van der Waals surface area (Å²) in [6, 6.07) is 0. The minimum atomic E-state index is -3.40. The van der Waals surface area contributed by atoms with Crippen molar-refractivity contribution in [1.29, 1.82) is 0 Å². The summed E-state index contributed by atoms with van der Waals surface area (Å²) in [7, 11) is -3.40. The number of rotatable bonds is 5. The third-order valence-corrected chi connectivity index (χ3v) is 3.29. The second kappa shape index (κ2) is 4.78. The highest BCUT2D eigenvalue weighted by Crippen LogP contribution is 2.17. The predicted octanol–water partition coefficient (Wildman–Crippen LogP) is -2.11. The molecule has 0 aromatic carbocycles. The molecule has 0 amide bonds. The van der Waals surface area contributed by atoms with E-state index in [9.17, 15) is 8.42 Å². The summed E-state index contributed by atoms with van der Waals surface area (Å²) in [5.74, 6) is 0. The van der Waals surface area contributed by atoms with Crippen LogP contribution in [-0.4, -0.2) is 56.5 Å². The molecule has 0 radical (unpaired) electrons. The fraction of sp³-hybridized carbons (Fsp3) is 0.750. The van der Waals surface area contributed by atoms with E-state index in [0.29, 0.717) is 18.9 Å². The van der Waals surface area contributed by atoms with E-state index in [-0.39, 0.29) is 12.8 Å². The third kappa shape index (κ3) is 2.87. The van der Waals surface area contributed by atoms with Crippen LogP contribution in [0.25, 0.3) is 0 Å². The Labute approximate surface area is 99.2 Å². The van der Waals surface area contributed by atoms with Crippen LogP contribution < -0.4 is 10.7 Å². The molecule has 17 heavy (non-hydrogen) atoms. The van der Waals surface area contributed by atoms with Gasteiger partial charge in [-0.05, 0) is 0 Å². The number of sulfonamides is 1. The smallest absolute Gasteiger partial charge is 0.245 e. The molecule has 1 atom stereocenters. The van der Waals surface area contributed by atoms with Crippen LogP contribution in [0.2, 0.25) is 0 Å². The zero-order chi connectivity index (χ0) is 12.5. The van der Waals surface area contributed by atoms with Gasteiger partial charge in [-0.25, -0.2) is 12.8 Å². The molecule has 2 aliphatic rings. The number of nitrogens with one attached hydrogen (secondary N) is 2. The molecule has 1 unspecified atom stereocenters. The first kappa shape index (κ1) is 12.6. The first-order valence-electron chi connectivity index (χ1n) is 5.06. The Hall–Kier alpha value is -0.870. The highest BCUT2D eigenvalue weighted by Gasteiger charge is 2.33. The molecule has 3 N–H and O–H groups in total. The number of aliphatic hydroxyl groups is 1. The van der Waals surface area contributed by atoms with Crippen molar-refractivity contribution in [1.82, 2.24) is 15.2 Å². The molecule has 0 saturated carbocycles. The molecule has 1 saturated heterocycles. The Bertz CT molecular complexity index is 405. The fourth-order valence-electron chi connectivity index (χ4n) is 1.43. The van der Waals surface area contributed by atoms with Gasteiger partial charge in [-0.2, -0.15) is 5.43 Å². The van der Waals surface area contributed by atoms with Crippen LogP contribution in [0.1, 0.15) is 0 Å². The number of aliphatic hydroxyl groups excluding tert-OH is 1. The molecule has 0 aliphatic carbocycles. The van der Waals surface area contributed by atoms with Crippen LogP contribution in [0.3, 0.4) is 0 Å². The Morgan fingerprint density at radius 2 is 2.41 bits per heavy atom. The molecule has 0 spiro atoms. The van der Waals surface area contributed by atoms with Crippen molar-refractivity contribution < 1.29 is 23.0 Å². The van der Waals surface area contributed by atoms with Crippen LogP contribution in [0.5, 0.6) is 0 Å². The van der Waals surface area contributed by atoms with E-state index in [0.717, 1.165) is 10.7 Å². The van der Waals surface area contributed by atoms with E-state index < -0.39 is 16.3 Å². The van der Waals surface area contributed by atoms with Crippen molar-refractivity contribution in [2.45, 2.75) is 12.3 Å². The molecule has 2 aliphatic heterocycles. The average Bonchev–Trinajstić information content (AvgIpc) is 2.55. The zero-order valence-corrected chi connectivity index (χ0v) is 10.1. The second-order valence-corrected chi connectivity index (χ2v) is 5.64. The van der Waals surface area contributed by atoms with Gasteiger partial charge in [-0.3, -0.25) is 0 Å². The van der Waals surface area contributed by atoms with E-state index >= 15 is 0 Å². The molecular formula is C8H15N3O5S. The third-order valence-electron chi connectivity index (χ3n) is 2.36. The summed E-state index contributed by atoms with van der Waals surface area (Å²) in [6.07, 6.45) is 1.74. The van der Waals surface area contributed by atoms with Crippen LogP contribution in [0.15, 0.2) is 11.9 Å². The van der Waals surface area contributed by atoms with Gasteiger partial charge in [0.2, 0.25) is 10.0 Å². The quantitative estimate of drug-likeness (QED) is 0.489. The maximum Gasteiger partial charge on any atom is 0.245 e. The molecular weight excluding hydrogens is 250 g/mol. The Morgan fingerprint density at radius 1 is 1.71 bits per heavy atom. The minimum Gasteiger partial charge on any atom is -0.377 e. The molecule has 0 bridgehead atoms. The SMILES string of the molecule is CS(=O)(=O)N1C=C(NCO)C(OC2COC2)N1. The van der Waals surface area contributed by atoms with Gasteiger partial charge in [0.05, 0.1) is 31.4 Å². The number of hydrogen-bond acceptors (Lipinski definition) is 7. The molecule has 9 heteroatoms. The molecule has 2 rings (SSSR count). The van der Waals surface area contributed by atoms with Gasteiger partial charge in [0.25, 0.3) is 0 Å². The van der Waals surface area contributed by atoms with Crippen molar-refractivity contribution in [3.8, 4) is 0 Å². The average molecular weight is 265 g/mol. The summed E-state index contributed by atoms with van der Waals surface area (Å²) < 4.78 is 34.2. The van der Waals surface area contributed by atoms with Gasteiger partial charge in [-0.1, -0.05) is 0 Å². The Morgan fingerprint density at radius 3 is 2.88 bits per heavy atom. The standard InChI is InChI=1S/C8H15N3O5S/c1-17(13,14)11-2-7(9-5-12)8(10-11)16-6-3-15-4-6/h2,6,8-10,12H,3-5H2,1H3. The summed E-state index contributed by atoms with van der Waals surface area (Å²) >= 11 is 0. The lowest BCUT2D eigenvalue weighted by molar-refractivity contribution is -0.155. The maximum absolute atomic E-state index is 11.3. The van der Waals surface area contributed by atoms with Crippen molar-refractivity contribution in [3.63, 3.8) is 0 Å². The number of nitrogens with zero attached hydrogens (tertiary/aromatic N) is 1. The highest BCUT2D eigenvalue weighted by atomic mass is 32.2. The summed E-state index contributed by atoms with van der Waals surface area (Å²) in [5, 5.41) is 11.4. The van der Waals surface area contributed by atoms with E-state index in [1.54, 1.807) is 0 Å². The fourth-order valence-corrected chi connectivity index (χ4v) is 2.02. The van der Waals surface area contributed by atoms with Crippen LogP contribution in [0, 0.1) is 0 Å². The summed E-state index contributed by atoms with van der Waals surface area (Å²) in [4.78, 5) is 0. The van der Waals surface area contributed by atoms with Crippen molar-refractivity contribution >= 4 is 10.0 Å². The number of ether oxygens (including phenoxy) is 2. The lowest BCUT2D eigenvalue weighted by Crippen LogP contribution is -2.47. The number of hydrogen-bond donors (Lipinski definition) is 3. The van der Waals surface area contributed by atoms with Gasteiger partial charge in [0.1, 0.15) is 12.8 Å². The van der Waals surface area contributed by atoms with E-state index in [2.05, 4.69) is 10.7 Å². The van der Waals surface area contributed by atoms with Gasteiger partial charge in [0.15, 0.2) is 6.23 Å². The molecule has 1 fully saturated rings. The lowest BCUT2D eigenvalue weighted by Gasteiger charge is -2.30. The molecule has 0 aromatic rings. The maximum atomic E-state index is 11.3. The lowest BCUT2D eigenvalue weighted by atomic mass is 10.3. The topological polar surface area (TPSA) is 100 Å². The van der Waals surface area contributed by atoms with Crippen molar-refractivity contribution in [3.05, 3.63) is 11.9 Å². The Balaban J connectivity index is 2.03. The minimum absolute atomic E-state index is 0.0593. The van der Waals surface area contributed by atoms with Crippen LogP contribution >= 0.6 is 0 Å². The van der Waals surface area contributed by atoms with Crippen molar-refractivity contribution in [2.24, 2.45) is 0 Å². The first-order chi connectivity index (χ1) is 8.00. The van der Waals surface area contributed by atoms with Crippen molar-refractivity contribution in [2.75, 3.05) is 26.2 Å². The zero-order valence-electron chi connectivity index (χ0n) is 9.29. The van der Waals surface area contributed by atoms with Gasteiger partial charge < -0.3 is 19.9 Å². The first-order valence-corrected chi connectivity index (χ1v) is 6.91. The monoisotopic (exact) mass is 265 g/mol. The summed E-state index contributed by atoms with van der Waals surface area (Å²) in [5.41, 5.74) is 3.13. The van der Waals surface area contributed by atoms with E-state index in [4.69, 9.17) is 14.6 Å². The molecule has 2 heterocycles. The van der Waals surface area contributed by atoms with Crippen LogP contribution in [-0.2, 0) is 19.5 Å². The largest absolute Gasteiger partial charge is 0.377 e. The molecule has 8 nitrogen and oxygen atoms in total. The van der Waals surface area contributed by atoms with Crippen LogP contribution in [0.4, 0.5) is 0 Å². The van der Waals surface area contributed by atoms with Gasteiger partial charge in [0, 0.05) is 0 Å². The second-order valence-electron chi connectivity index (χ2n) is 3.78. The summed E-state index contributed by atoms with van der Waals surface area (Å²) in [6.45, 7) is 0.680. The normalized spacial score (nSPS) is 25.6. The van der Waals surface area contributed by atoms with E-state index in [1.165, 1.54) is 6.20 Å². The number of hydrazine groups is 1. The molecule has 0 aromatic heterocycles.